The van der Waals surface area contributed by atoms with Crippen molar-refractivity contribution in [1.29, 1.82) is 10.5 Å². The summed E-state index contributed by atoms with van der Waals surface area (Å²) in [7, 11) is 0. The normalized spacial score (nSPS) is 14.0. The van der Waals surface area contributed by atoms with E-state index in [-0.39, 0.29) is 0 Å². The number of hydrogen-bond donors (Lipinski definition) is 0. The first-order valence-electron chi connectivity index (χ1n) is 11.1. The summed E-state index contributed by atoms with van der Waals surface area (Å²) in [6.07, 6.45) is -3.05. The summed E-state index contributed by atoms with van der Waals surface area (Å²) < 4.78 is 143. The Morgan fingerprint density at radius 3 is 1.05 bits per heavy atom. The molecule has 0 radical (unpaired) electrons. The van der Waals surface area contributed by atoms with Gasteiger partial charge in [-0.3, -0.25) is 9.59 Å². The molecule has 42 heavy (non-hydrogen) atoms. The Kier molecular flexibility index (Phi) is 10.2. The van der Waals surface area contributed by atoms with E-state index in [9.17, 15) is 64.0 Å². The maximum Gasteiger partial charge on any atom is 0.311 e. The smallest absolute Gasteiger partial charge is 0.311 e. The van der Waals surface area contributed by atoms with Gasteiger partial charge in [-0.25, -0.2) is 26.3 Å². The van der Waals surface area contributed by atoms with E-state index in [2.05, 4.69) is 19.7 Å². The third kappa shape index (κ3) is 7.12. The summed E-state index contributed by atoms with van der Waals surface area (Å²) in [5, 5.41) is 26.0. The van der Waals surface area contributed by atoms with Crippen LogP contribution in [0.2, 0.25) is 0 Å². The van der Waals surface area contributed by atoms with Crippen LogP contribution >= 0.6 is 0 Å². The Balaban J connectivity index is 2.09. The molecule has 0 amide bonds. The lowest BCUT2D eigenvalue weighted by molar-refractivity contribution is -0.136. The van der Waals surface area contributed by atoms with Gasteiger partial charge in [-0.05, 0) is 26.7 Å². The lowest BCUT2D eigenvalue weighted by atomic mass is 9.97. The highest BCUT2D eigenvalue weighted by Gasteiger charge is 2.33. The molecule has 0 bridgehead atoms. The Hall–Kier alpha value is -4.74. The highest BCUT2D eigenvalue weighted by atomic mass is 19.2. The zero-order valence-electron chi connectivity index (χ0n) is 21.0. The molecular formula is C24H14F10N4O4. The van der Waals surface area contributed by atoms with Gasteiger partial charge in [0.1, 0.15) is 0 Å². The third-order valence-electron chi connectivity index (χ3n) is 5.38. The quantitative estimate of drug-likeness (QED) is 0.0790. The molecule has 0 heterocycles. The molecule has 2 unspecified atom stereocenters. The maximum atomic E-state index is 13.7. The van der Waals surface area contributed by atoms with Gasteiger partial charge in [0.15, 0.2) is 11.1 Å². The summed E-state index contributed by atoms with van der Waals surface area (Å²) in [6.45, 7) is 2.11. The van der Waals surface area contributed by atoms with E-state index in [0.29, 0.717) is 0 Å². The molecule has 0 N–H and O–H groups in total. The number of ether oxygens (including phenoxy) is 2. The highest BCUT2D eigenvalue weighted by Crippen LogP contribution is 2.32. The van der Waals surface area contributed by atoms with Gasteiger partial charge in [0.25, 0.3) is 0 Å². The summed E-state index contributed by atoms with van der Waals surface area (Å²) in [4.78, 5) is 24.0. The molecule has 2 rings (SSSR count). The number of azo groups is 1. The minimum Gasteiger partial charge on any atom is -0.420 e. The molecule has 224 valence electrons. The zero-order valence-corrected chi connectivity index (χ0v) is 21.0. The first-order valence-corrected chi connectivity index (χ1v) is 11.1. The lowest BCUT2D eigenvalue weighted by Crippen LogP contribution is -2.26. The Bertz CT molecular complexity index is 1380. The van der Waals surface area contributed by atoms with Gasteiger partial charge in [0, 0.05) is 12.8 Å². The van der Waals surface area contributed by atoms with E-state index < -0.39 is 118 Å². The second kappa shape index (κ2) is 12.8. The van der Waals surface area contributed by atoms with Gasteiger partial charge in [-0.1, -0.05) is 0 Å². The van der Waals surface area contributed by atoms with Crippen LogP contribution < -0.4 is 9.47 Å². The number of benzene rings is 2. The molecule has 0 saturated heterocycles. The van der Waals surface area contributed by atoms with E-state index in [4.69, 9.17) is 0 Å². The predicted molar refractivity (Wildman–Crippen MR) is 115 cm³/mol. The van der Waals surface area contributed by atoms with Gasteiger partial charge < -0.3 is 9.47 Å². The van der Waals surface area contributed by atoms with Crippen LogP contribution in [0.3, 0.4) is 0 Å². The standard InChI is InChI=1S/C24H14F10N4O4/c1-23(7-35,5-3-9(39)41-21-17(31)13(27)11(25)14(28)18(21)32)37-38-24(2,8-36)6-4-10(40)42-22-19(33)15(29)12(26)16(30)20(22)34/h3-6H2,1-2H3. The van der Waals surface area contributed by atoms with Gasteiger partial charge in [-0.2, -0.15) is 38.3 Å². The number of halogens is 10. The Morgan fingerprint density at radius 2 is 0.810 bits per heavy atom. The number of hydrogen-bond acceptors (Lipinski definition) is 8. The molecule has 18 heteroatoms. The van der Waals surface area contributed by atoms with Gasteiger partial charge in [0.2, 0.25) is 69.7 Å². The number of nitrogens with zero attached hydrogens (tertiary/aromatic N) is 4. The predicted octanol–water partition coefficient (Wildman–Crippen LogP) is 6.17. The molecule has 0 aliphatic carbocycles. The second-order valence-corrected chi connectivity index (χ2v) is 8.72. The number of esters is 2. The maximum absolute atomic E-state index is 13.7. The molecule has 0 fully saturated rings. The first kappa shape index (κ1) is 33.5. The van der Waals surface area contributed by atoms with Crippen molar-refractivity contribution in [3.63, 3.8) is 0 Å². The zero-order chi connectivity index (χ0) is 32.2. The fraction of sp³-hybridized carbons (Fsp3) is 0.333. The molecule has 2 atom stereocenters. The SMILES string of the molecule is CC(C#N)(CCC(=O)Oc1c(F)c(F)c(F)c(F)c1F)N=NC(C)(C#N)CCC(=O)Oc1c(F)c(F)c(F)c(F)c1F. The van der Waals surface area contributed by atoms with Crippen LogP contribution in [-0.4, -0.2) is 23.0 Å². The van der Waals surface area contributed by atoms with Crippen molar-refractivity contribution in [3.8, 4) is 23.6 Å². The van der Waals surface area contributed by atoms with Gasteiger partial charge >= 0.3 is 11.9 Å². The van der Waals surface area contributed by atoms with E-state index in [1.807, 2.05) is 0 Å². The van der Waals surface area contributed by atoms with E-state index >= 15 is 0 Å². The van der Waals surface area contributed by atoms with Crippen molar-refractivity contribution in [1.82, 2.24) is 0 Å². The van der Waals surface area contributed by atoms with Crippen LogP contribution in [0.5, 0.6) is 11.5 Å². The summed E-state index contributed by atoms with van der Waals surface area (Å²) in [5.74, 6) is -31.0. The highest BCUT2D eigenvalue weighted by molar-refractivity contribution is 5.73. The Morgan fingerprint density at radius 1 is 0.571 bits per heavy atom. The number of rotatable bonds is 10. The molecule has 0 aliphatic rings. The van der Waals surface area contributed by atoms with Crippen LogP contribution in [-0.2, 0) is 9.59 Å². The second-order valence-electron chi connectivity index (χ2n) is 8.72. The summed E-state index contributed by atoms with van der Waals surface area (Å²) in [6, 6.07) is 3.19. The van der Waals surface area contributed by atoms with Crippen LogP contribution in [0.4, 0.5) is 43.9 Å². The largest absolute Gasteiger partial charge is 0.420 e. The van der Waals surface area contributed by atoms with Crippen LogP contribution in [0.1, 0.15) is 39.5 Å². The first-order chi connectivity index (χ1) is 19.4. The fourth-order valence-corrected chi connectivity index (χ4v) is 2.85. The summed E-state index contributed by atoms with van der Waals surface area (Å²) in [5.41, 5.74) is -3.94. The van der Waals surface area contributed by atoms with E-state index in [1.54, 1.807) is 12.1 Å². The van der Waals surface area contributed by atoms with Crippen molar-refractivity contribution in [3.05, 3.63) is 58.2 Å². The molecule has 0 saturated carbocycles. The molecule has 0 spiro atoms. The number of carbonyl (C=O) groups excluding carboxylic acids is 2. The third-order valence-corrected chi connectivity index (χ3v) is 5.38. The molecule has 2 aromatic carbocycles. The van der Waals surface area contributed by atoms with Crippen molar-refractivity contribution < 1.29 is 63.0 Å². The minimum atomic E-state index is -2.49. The lowest BCUT2D eigenvalue weighted by Gasteiger charge is -2.19. The Labute approximate surface area is 228 Å². The van der Waals surface area contributed by atoms with Crippen LogP contribution in [0, 0.1) is 80.8 Å². The van der Waals surface area contributed by atoms with E-state index in [1.165, 1.54) is 0 Å². The number of nitriles is 2. The molecule has 0 aliphatic heterocycles. The van der Waals surface area contributed by atoms with Crippen molar-refractivity contribution in [2.75, 3.05) is 0 Å². The average Bonchev–Trinajstić information content (AvgIpc) is 2.98. The van der Waals surface area contributed by atoms with Gasteiger partial charge in [0.05, 0.1) is 12.1 Å². The van der Waals surface area contributed by atoms with Crippen LogP contribution in [0.25, 0.3) is 0 Å². The fourth-order valence-electron chi connectivity index (χ4n) is 2.85. The molecular weight excluding hydrogens is 598 g/mol. The molecule has 8 nitrogen and oxygen atoms in total. The van der Waals surface area contributed by atoms with Crippen molar-refractivity contribution in [2.45, 2.75) is 50.6 Å². The van der Waals surface area contributed by atoms with Crippen LogP contribution in [0.15, 0.2) is 10.2 Å². The molecule has 2 aromatic rings. The molecule has 0 aromatic heterocycles. The minimum absolute atomic E-state index is 0.634. The van der Waals surface area contributed by atoms with Crippen molar-refractivity contribution in [2.24, 2.45) is 10.2 Å². The monoisotopic (exact) mass is 612 g/mol. The number of carbonyl (C=O) groups is 2. The van der Waals surface area contributed by atoms with Gasteiger partial charge in [-0.15, -0.1) is 0 Å². The summed E-state index contributed by atoms with van der Waals surface area (Å²) >= 11 is 0. The van der Waals surface area contributed by atoms with E-state index in [0.717, 1.165) is 13.8 Å². The average molecular weight is 612 g/mol. The van der Waals surface area contributed by atoms with Crippen molar-refractivity contribution >= 4 is 11.9 Å². The topological polar surface area (TPSA) is 125 Å².